The minimum Gasteiger partial charge on any atom is -0.326 e. The van der Waals surface area contributed by atoms with Crippen LogP contribution in [0.3, 0.4) is 0 Å². The smallest absolute Gasteiger partial charge is 0.244 e. The van der Waals surface area contributed by atoms with Crippen molar-refractivity contribution in [1.29, 1.82) is 0 Å². The quantitative estimate of drug-likeness (QED) is 0.868. The van der Waals surface area contributed by atoms with Gasteiger partial charge in [0.25, 0.3) is 0 Å². The number of sulfonamides is 1. The van der Waals surface area contributed by atoms with Crippen LogP contribution in [-0.2, 0) is 16.6 Å². The Balaban J connectivity index is 2.41. The lowest BCUT2D eigenvalue weighted by Crippen LogP contribution is -2.33. The summed E-state index contributed by atoms with van der Waals surface area (Å²) in [5.74, 6) is 0.477. The SMILES string of the molecule is CCN(CC1CC1)S(=O)(=O)c1cc(CN)c(Cl)cc1Cl. The lowest BCUT2D eigenvalue weighted by Gasteiger charge is -2.21. The third-order valence-corrected chi connectivity index (χ3v) is 6.21. The van der Waals surface area contributed by atoms with Gasteiger partial charge in [-0.25, -0.2) is 8.42 Å². The molecule has 0 aliphatic heterocycles. The van der Waals surface area contributed by atoms with Crippen LogP contribution in [0.25, 0.3) is 0 Å². The first-order valence-electron chi connectivity index (χ1n) is 6.58. The Morgan fingerprint density at radius 2 is 1.95 bits per heavy atom. The highest BCUT2D eigenvalue weighted by Gasteiger charge is 2.32. The molecular formula is C13H18Cl2N2O2S. The number of rotatable bonds is 6. The van der Waals surface area contributed by atoms with Gasteiger partial charge in [0, 0.05) is 24.7 Å². The lowest BCUT2D eigenvalue weighted by molar-refractivity contribution is 0.412. The second kappa shape index (κ2) is 6.20. The molecule has 0 bridgehead atoms. The van der Waals surface area contributed by atoms with Gasteiger partial charge in [0.2, 0.25) is 10.0 Å². The summed E-state index contributed by atoms with van der Waals surface area (Å²) in [5, 5.41) is 0.531. The largest absolute Gasteiger partial charge is 0.326 e. The van der Waals surface area contributed by atoms with E-state index in [4.69, 9.17) is 28.9 Å². The molecule has 1 saturated carbocycles. The maximum atomic E-state index is 12.7. The van der Waals surface area contributed by atoms with Gasteiger partial charge < -0.3 is 5.73 Å². The van der Waals surface area contributed by atoms with Gasteiger partial charge in [-0.05, 0) is 36.5 Å². The molecule has 112 valence electrons. The van der Waals surface area contributed by atoms with Crippen LogP contribution in [-0.4, -0.2) is 25.8 Å². The number of nitrogens with zero attached hydrogens (tertiary/aromatic N) is 1. The van der Waals surface area contributed by atoms with Crippen molar-refractivity contribution in [2.24, 2.45) is 11.7 Å². The van der Waals surface area contributed by atoms with Crippen molar-refractivity contribution in [1.82, 2.24) is 4.31 Å². The van der Waals surface area contributed by atoms with Crippen molar-refractivity contribution >= 4 is 33.2 Å². The van der Waals surface area contributed by atoms with Gasteiger partial charge in [-0.1, -0.05) is 30.1 Å². The van der Waals surface area contributed by atoms with Crippen LogP contribution in [0.4, 0.5) is 0 Å². The normalized spacial score (nSPS) is 15.8. The van der Waals surface area contributed by atoms with E-state index in [2.05, 4.69) is 0 Å². The molecule has 0 unspecified atom stereocenters. The Labute approximate surface area is 129 Å². The van der Waals surface area contributed by atoms with E-state index >= 15 is 0 Å². The minimum atomic E-state index is -3.60. The molecule has 0 heterocycles. The molecule has 7 heteroatoms. The molecule has 1 aromatic rings. The summed E-state index contributed by atoms with van der Waals surface area (Å²) < 4.78 is 26.8. The molecular weight excluding hydrogens is 319 g/mol. The molecule has 2 N–H and O–H groups in total. The van der Waals surface area contributed by atoms with E-state index in [0.717, 1.165) is 12.8 Å². The highest BCUT2D eigenvalue weighted by molar-refractivity contribution is 7.89. The second-order valence-corrected chi connectivity index (χ2v) is 7.70. The molecule has 1 fully saturated rings. The number of nitrogens with two attached hydrogens (primary N) is 1. The van der Waals surface area contributed by atoms with Crippen molar-refractivity contribution in [3.05, 3.63) is 27.7 Å². The third kappa shape index (κ3) is 3.28. The molecule has 0 saturated heterocycles. The van der Waals surface area contributed by atoms with Gasteiger partial charge in [0.15, 0.2) is 0 Å². The zero-order valence-corrected chi connectivity index (χ0v) is 13.6. The van der Waals surface area contributed by atoms with Crippen molar-refractivity contribution in [3.8, 4) is 0 Å². The van der Waals surface area contributed by atoms with Crippen LogP contribution < -0.4 is 5.73 Å². The lowest BCUT2D eigenvalue weighted by atomic mass is 10.2. The highest BCUT2D eigenvalue weighted by Crippen LogP contribution is 2.34. The zero-order chi connectivity index (χ0) is 14.9. The molecule has 0 radical (unpaired) electrons. The second-order valence-electron chi connectivity index (χ2n) is 4.98. The Kier molecular flexibility index (Phi) is 4.97. The molecule has 4 nitrogen and oxygen atoms in total. The molecule has 2 rings (SSSR count). The number of hydrogen-bond donors (Lipinski definition) is 1. The summed E-state index contributed by atoms with van der Waals surface area (Å²) in [6, 6.07) is 2.93. The van der Waals surface area contributed by atoms with Crippen molar-refractivity contribution in [3.63, 3.8) is 0 Å². The summed E-state index contributed by atoms with van der Waals surface area (Å²) in [7, 11) is -3.60. The first kappa shape index (κ1) is 16.0. The molecule has 20 heavy (non-hydrogen) atoms. The average Bonchev–Trinajstić information content (AvgIpc) is 3.19. The van der Waals surface area contributed by atoms with E-state index in [-0.39, 0.29) is 16.5 Å². The minimum absolute atomic E-state index is 0.0894. The predicted molar refractivity (Wildman–Crippen MR) is 81.5 cm³/mol. The van der Waals surface area contributed by atoms with E-state index in [1.807, 2.05) is 6.92 Å². The highest BCUT2D eigenvalue weighted by atomic mass is 35.5. The maximum Gasteiger partial charge on any atom is 0.244 e. The Bertz CT molecular complexity index is 601. The van der Waals surface area contributed by atoms with E-state index in [1.54, 1.807) is 0 Å². The molecule has 0 spiro atoms. The number of hydrogen-bond acceptors (Lipinski definition) is 3. The van der Waals surface area contributed by atoms with E-state index in [1.165, 1.54) is 16.4 Å². The van der Waals surface area contributed by atoms with Gasteiger partial charge in [-0.15, -0.1) is 0 Å². The molecule has 1 aliphatic carbocycles. The first-order valence-corrected chi connectivity index (χ1v) is 8.77. The number of benzene rings is 1. The van der Waals surface area contributed by atoms with Crippen LogP contribution in [0.5, 0.6) is 0 Å². The van der Waals surface area contributed by atoms with E-state index < -0.39 is 10.0 Å². The van der Waals surface area contributed by atoms with E-state index in [0.29, 0.717) is 29.6 Å². The summed E-state index contributed by atoms with van der Waals surface area (Å²) in [4.78, 5) is 0.0894. The van der Waals surface area contributed by atoms with Crippen molar-refractivity contribution in [2.45, 2.75) is 31.2 Å². The van der Waals surface area contributed by atoms with Crippen LogP contribution in [0.15, 0.2) is 17.0 Å². The number of halogens is 2. The molecule has 1 aromatic carbocycles. The Morgan fingerprint density at radius 3 is 2.45 bits per heavy atom. The van der Waals surface area contributed by atoms with Gasteiger partial charge >= 0.3 is 0 Å². The zero-order valence-electron chi connectivity index (χ0n) is 11.3. The summed E-state index contributed by atoms with van der Waals surface area (Å²) in [6.07, 6.45) is 2.18. The molecule has 1 aliphatic rings. The fourth-order valence-electron chi connectivity index (χ4n) is 2.05. The Hall–Kier alpha value is -0.330. The van der Waals surface area contributed by atoms with Gasteiger partial charge in [0.05, 0.1) is 5.02 Å². The molecule has 0 atom stereocenters. The fraction of sp³-hybridized carbons (Fsp3) is 0.538. The molecule has 0 amide bonds. The first-order chi connectivity index (χ1) is 9.40. The standard InChI is InChI=1S/C13H18Cl2N2O2S/c1-2-17(8-9-3-4-9)20(18,19)13-5-10(7-16)11(14)6-12(13)15/h5-6,9H,2-4,7-8,16H2,1H3. The monoisotopic (exact) mass is 336 g/mol. The Morgan fingerprint density at radius 1 is 1.30 bits per heavy atom. The third-order valence-electron chi connectivity index (χ3n) is 3.45. The fourth-order valence-corrected chi connectivity index (χ4v) is 4.42. The van der Waals surface area contributed by atoms with Crippen LogP contribution in [0.2, 0.25) is 10.0 Å². The van der Waals surface area contributed by atoms with E-state index in [9.17, 15) is 8.42 Å². The van der Waals surface area contributed by atoms with Crippen molar-refractivity contribution < 1.29 is 8.42 Å². The van der Waals surface area contributed by atoms with Crippen LogP contribution >= 0.6 is 23.2 Å². The summed E-state index contributed by atoms with van der Waals surface area (Å²) >= 11 is 12.1. The van der Waals surface area contributed by atoms with Gasteiger partial charge in [0.1, 0.15) is 4.90 Å². The van der Waals surface area contributed by atoms with Crippen LogP contribution in [0, 0.1) is 5.92 Å². The predicted octanol–water partition coefficient (Wildman–Crippen LogP) is 2.87. The summed E-state index contributed by atoms with van der Waals surface area (Å²) in [5.41, 5.74) is 6.16. The summed E-state index contributed by atoms with van der Waals surface area (Å²) in [6.45, 7) is 2.98. The van der Waals surface area contributed by atoms with Gasteiger partial charge in [-0.3, -0.25) is 0 Å². The topological polar surface area (TPSA) is 63.4 Å². The van der Waals surface area contributed by atoms with Crippen molar-refractivity contribution in [2.75, 3.05) is 13.1 Å². The average molecular weight is 337 g/mol. The molecule has 0 aromatic heterocycles. The van der Waals surface area contributed by atoms with Gasteiger partial charge in [-0.2, -0.15) is 4.31 Å². The maximum absolute atomic E-state index is 12.7. The van der Waals surface area contributed by atoms with Crippen LogP contribution in [0.1, 0.15) is 25.3 Å².